The van der Waals surface area contributed by atoms with E-state index in [-0.39, 0.29) is 5.91 Å². The van der Waals surface area contributed by atoms with Crippen molar-refractivity contribution in [1.82, 2.24) is 4.90 Å². The predicted molar refractivity (Wildman–Crippen MR) is 87.5 cm³/mol. The second-order valence-electron chi connectivity index (χ2n) is 6.27. The highest BCUT2D eigenvalue weighted by Gasteiger charge is 2.39. The van der Waals surface area contributed by atoms with Crippen LogP contribution >= 0.6 is 23.2 Å². The van der Waals surface area contributed by atoms with Crippen LogP contribution in [-0.4, -0.2) is 23.4 Å². The van der Waals surface area contributed by atoms with Crippen molar-refractivity contribution in [1.29, 1.82) is 0 Å². The Morgan fingerprint density at radius 1 is 1.43 bits per heavy atom. The molecule has 1 aliphatic rings. The molecule has 1 amide bonds. The van der Waals surface area contributed by atoms with Gasteiger partial charge in [0.2, 0.25) is 5.91 Å². The molecule has 1 fully saturated rings. The van der Waals surface area contributed by atoms with E-state index >= 15 is 0 Å². The van der Waals surface area contributed by atoms with E-state index in [1.54, 1.807) is 24.1 Å². The molecule has 116 valence electrons. The van der Waals surface area contributed by atoms with E-state index in [4.69, 9.17) is 28.9 Å². The SMILES string of the molecule is CC1CCCC(N)(C(=O)N(C)Cc2ccc(Cl)c(Cl)c2)C1. The van der Waals surface area contributed by atoms with Gasteiger partial charge in [-0.2, -0.15) is 0 Å². The highest BCUT2D eigenvalue weighted by atomic mass is 35.5. The molecule has 0 heterocycles. The quantitative estimate of drug-likeness (QED) is 0.915. The van der Waals surface area contributed by atoms with Gasteiger partial charge in [0, 0.05) is 13.6 Å². The van der Waals surface area contributed by atoms with Crippen molar-refractivity contribution in [2.24, 2.45) is 11.7 Å². The zero-order valence-corrected chi connectivity index (χ0v) is 14.0. The van der Waals surface area contributed by atoms with Crippen LogP contribution in [0.3, 0.4) is 0 Å². The lowest BCUT2D eigenvalue weighted by Crippen LogP contribution is -2.56. The fraction of sp³-hybridized carbons (Fsp3) is 0.562. The molecule has 1 aliphatic carbocycles. The fourth-order valence-corrected chi connectivity index (χ4v) is 3.47. The van der Waals surface area contributed by atoms with Crippen LogP contribution in [0, 0.1) is 5.92 Å². The summed E-state index contributed by atoms with van der Waals surface area (Å²) in [5, 5.41) is 1.02. The molecule has 3 nitrogen and oxygen atoms in total. The lowest BCUT2D eigenvalue weighted by Gasteiger charge is -2.38. The molecule has 1 aromatic carbocycles. The van der Waals surface area contributed by atoms with Crippen LogP contribution in [0.25, 0.3) is 0 Å². The van der Waals surface area contributed by atoms with Crippen LogP contribution in [0.5, 0.6) is 0 Å². The Morgan fingerprint density at radius 2 is 2.14 bits per heavy atom. The third kappa shape index (κ3) is 3.91. The van der Waals surface area contributed by atoms with Crippen molar-refractivity contribution in [2.75, 3.05) is 7.05 Å². The standard InChI is InChI=1S/C16H22Cl2N2O/c1-11-4-3-7-16(19,9-11)15(21)20(2)10-12-5-6-13(17)14(18)8-12/h5-6,8,11H,3-4,7,9-10,19H2,1-2H3. The highest BCUT2D eigenvalue weighted by Crippen LogP contribution is 2.32. The van der Waals surface area contributed by atoms with E-state index in [2.05, 4.69) is 6.92 Å². The van der Waals surface area contributed by atoms with Gasteiger partial charge in [-0.3, -0.25) is 4.79 Å². The summed E-state index contributed by atoms with van der Waals surface area (Å²) in [6.45, 7) is 2.65. The summed E-state index contributed by atoms with van der Waals surface area (Å²) in [5.74, 6) is 0.520. The van der Waals surface area contributed by atoms with Crippen molar-refractivity contribution >= 4 is 29.1 Å². The van der Waals surface area contributed by atoms with Crippen LogP contribution in [0.2, 0.25) is 10.0 Å². The molecule has 0 radical (unpaired) electrons. The smallest absolute Gasteiger partial charge is 0.242 e. The van der Waals surface area contributed by atoms with Gasteiger partial charge in [0.25, 0.3) is 0 Å². The van der Waals surface area contributed by atoms with Crippen molar-refractivity contribution < 1.29 is 4.79 Å². The Balaban J connectivity index is 2.06. The maximum atomic E-state index is 12.7. The summed E-state index contributed by atoms with van der Waals surface area (Å²) in [7, 11) is 1.79. The molecule has 5 heteroatoms. The first-order chi connectivity index (χ1) is 9.82. The first kappa shape index (κ1) is 16.6. The largest absolute Gasteiger partial charge is 0.340 e. The Bertz CT molecular complexity index is 535. The van der Waals surface area contributed by atoms with Crippen LogP contribution in [-0.2, 0) is 11.3 Å². The van der Waals surface area contributed by atoms with Crippen molar-refractivity contribution in [2.45, 2.75) is 44.7 Å². The maximum Gasteiger partial charge on any atom is 0.242 e. The number of benzene rings is 1. The normalized spacial score (nSPS) is 25.7. The zero-order chi connectivity index (χ0) is 15.6. The monoisotopic (exact) mass is 328 g/mol. The molecule has 0 spiro atoms. The average Bonchev–Trinajstić information content (AvgIpc) is 2.41. The summed E-state index contributed by atoms with van der Waals surface area (Å²) < 4.78 is 0. The van der Waals surface area contributed by atoms with Crippen LogP contribution in [0.15, 0.2) is 18.2 Å². The van der Waals surface area contributed by atoms with Gasteiger partial charge in [-0.15, -0.1) is 0 Å². The van der Waals surface area contributed by atoms with Gasteiger partial charge in [-0.1, -0.05) is 49.0 Å². The molecule has 0 bridgehead atoms. The second kappa shape index (κ2) is 6.55. The third-order valence-electron chi connectivity index (χ3n) is 4.21. The van der Waals surface area contributed by atoms with E-state index in [0.29, 0.717) is 22.5 Å². The molecule has 2 N–H and O–H groups in total. The molecule has 1 saturated carbocycles. The number of hydrogen-bond acceptors (Lipinski definition) is 2. The Hall–Kier alpha value is -0.770. The average molecular weight is 329 g/mol. The van der Waals surface area contributed by atoms with E-state index in [9.17, 15) is 4.79 Å². The second-order valence-corrected chi connectivity index (χ2v) is 7.08. The molecule has 2 rings (SSSR count). The number of likely N-dealkylation sites (N-methyl/N-ethyl adjacent to an activating group) is 1. The van der Waals surface area contributed by atoms with Gasteiger partial charge < -0.3 is 10.6 Å². The molecule has 0 saturated heterocycles. The van der Waals surface area contributed by atoms with Crippen molar-refractivity contribution in [3.05, 3.63) is 33.8 Å². The van der Waals surface area contributed by atoms with E-state index in [1.807, 2.05) is 6.07 Å². The van der Waals surface area contributed by atoms with Crippen molar-refractivity contribution in [3.8, 4) is 0 Å². The van der Waals surface area contributed by atoms with Crippen LogP contribution < -0.4 is 5.73 Å². The Labute approximate surface area is 136 Å². The summed E-state index contributed by atoms with van der Waals surface area (Å²) in [4.78, 5) is 14.4. The van der Waals surface area contributed by atoms with E-state index in [1.165, 1.54) is 0 Å². The number of halogens is 2. The summed E-state index contributed by atoms with van der Waals surface area (Å²) in [6, 6.07) is 5.42. The minimum Gasteiger partial charge on any atom is -0.340 e. The van der Waals surface area contributed by atoms with Crippen molar-refractivity contribution in [3.63, 3.8) is 0 Å². The minimum atomic E-state index is -0.720. The summed E-state index contributed by atoms with van der Waals surface area (Å²) in [6.07, 6.45) is 3.70. The number of nitrogens with two attached hydrogens (primary N) is 1. The van der Waals surface area contributed by atoms with Gasteiger partial charge in [0.15, 0.2) is 0 Å². The van der Waals surface area contributed by atoms with Crippen LogP contribution in [0.1, 0.15) is 38.2 Å². The minimum absolute atomic E-state index is 0.0140. The number of amides is 1. The van der Waals surface area contributed by atoms with Gasteiger partial charge in [-0.05, 0) is 36.5 Å². The lowest BCUT2D eigenvalue weighted by molar-refractivity contribution is -0.138. The number of rotatable bonds is 3. The Kier molecular flexibility index (Phi) is 5.18. The van der Waals surface area contributed by atoms with Gasteiger partial charge in [0.1, 0.15) is 0 Å². The number of carbonyl (C=O) groups excluding carboxylic acids is 1. The fourth-order valence-electron chi connectivity index (χ4n) is 3.15. The first-order valence-corrected chi connectivity index (χ1v) is 8.06. The molecular formula is C16H22Cl2N2O. The van der Waals surface area contributed by atoms with Crippen LogP contribution in [0.4, 0.5) is 0 Å². The van der Waals surface area contributed by atoms with E-state index in [0.717, 1.165) is 31.2 Å². The number of nitrogens with zero attached hydrogens (tertiary/aromatic N) is 1. The molecule has 2 atom stereocenters. The van der Waals surface area contributed by atoms with E-state index < -0.39 is 5.54 Å². The molecule has 0 aromatic heterocycles. The molecule has 21 heavy (non-hydrogen) atoms. The van der Waals surface area contributed by atoms with Gasteiger partial charge >= 0.3 is 0 Å². The molecule has 0 aliphatic heterocycles. The topological polar surface area (TPSA) is 46.3 Å². The predicted octanol–water partition coefficient (Wildman–Crippen LogP) is 3.86. The zero-order valence-electron chi connectivity index (χ0n) is 12.5. The van der Waals surface area contributed by atoms with Gasteiger partial charge in [0.05, 0.1) is 15.6 Å². The third-order valence-corrected chi connectivity index (χ3v) is 4.95. The lowest BCUT2D eigenvalue weighted by atomic mass is 9.76. The molecule has 2 unspecified atom stereocenters. The molecular weight excluding hydrogens is 307 g/mol. The summed E-state index contributed by atoms with van der Waals surface area (Å²) >= 11 is 11.9. The highest BCUT2D eigenvalue weighted by molar-refractivity contribution is 6.42. The number of carbonyl (C=O) groups is 1. The maximum absolute atomic E-state index is 12.7. The first-order valence-electron chi connectivity index (χ1n) is 7.30. The Morgan fingerprint density at radius 3 is 2.76 bits per heavy atom. The molecule has 1 aromatic rings. The summed E-state index contributed by atoms with van der Waals surface area (Å²) in [5.41, 5.74) is 6.60. The number of hydrogen-bond donors (Lipinski definition) is 1. The van der Waals surface area contributed by atoms with Gasteiger partial charge in [-0.25, -0.2) is 0 Å².